The van der Waals surface area contributed by atoms with Gasteiger partial charge < -0.3 is 9.74 Å². The minimum atomic E-state index is -0.223. The van der Waals surface area contributed by atoms with Crippen molar-refractivity contribution in [2.45, 2.75) is 47.7 Å². The number of hydrogen-bond donors (Lipinski definition) is 0. The van der Waals surface area contributed by atoms with Crippen molar-refractivity contribution in [2.75, 3.05) is 11.5 Å². The van der Waals surface area contributed by atoms with E-state index >= 15 is 0 Å². The normalized spacial score (nSPS) is 10.5. The fraction of sp³-hybridized carbons (Fsp3) is 0.429. The predicted molar refractivity (Wildman–Crippen MR) is 109 cm³/mol. The molecule has 0 atom stereocenters. The highest BCUT2D eigenvalue weighted by atomic mass is 16.6. The molecule has 0 saturated carbocycles. The van der Waals surface area contributed by atoms with Crippen molar-refractivity contribution in [1.29, 1.82) is 5.26 Å². The van der Waals surface area contributed by atoms with Gasteiger partial charge in [-0.15, -0.1) is 0 Å². The van der Waals surface area contributed by atoms with Gasteiger partial charge in [-0.05, 0) is 44.4 Å². The van der Waals surface area contributed by atoms with Gasteiger partial charge >= 0.3 is 0 Å². The van der Waals surface area contributed by atoms with E-state index in [4.69, 9.17) is 10.1 Å². The van der Waals surface area contributed by atoms with Gasteiger partial charge in [-0.3, -0.25) is 9.48 Å². The SMILES string of the molecule is CC(C)=NOCC(=O)N(Cc1cccc(C#N)c1)c1cnn(CC(C)C)c1C. The van der Waals surface area contributed by atoms with Gasteiger partial charge in [0.05, 0.1) is 41.5 Å². The summed E-state index contributed by atoms with van der Waals surface area (Å²) in [4.78, 5) is 19.7. The highest BCUT2D eigenvalue weighted by Crippen LogP contribution is 2.23. The molecular weight excluding hydrogens is 354 g/mol. The Labute approximate surface area is 166 Å². The lowest BCUT2D eigenvalue weighted by Gasteiger charge is -2.22. The first-order valence-corrected chi connectivity index (χ1v) is 9.26. The summed E-state index contributed by atoms with van der Waals surface area (Å²) in [5.41, 5.74) is 3.79. The number of benzene rings is 1. The molecule has 148 valence electrons. The zero-order chi connectivity index (χ0) is 20.7. The molecule has 0 fully saturated rings. The van der Waals surface area contributed by atoms with E-state index < -0.39 is 0 Å². The van der Waals surface area contributed by atoms with Gasteiger partial charge in [0.25, 0.3) is 5.91 Å². The highest BCUT2D eigenvalue weighted by Gasteiger charge is 2.22. The minimum absolute atomic E-state index is 0.169. The van der Waals surface area contributed by atoms with Crippen LogP contribution in [0.1, 0.15) is 44.5 Å². The Bertz CT molecular complexity index is 888. The number of nitrogens with zero attached hydrogens (tertiary/aromatic N) is 5. The third kappa shape index (κ3) is 5.68. The van der Waals surface area contributed by atoms with E-state index in [9.17, 15) is 4.79 Å². The monoisotopic (exact) mass is 381 g/mol. The zero-order valence-corrected chi connectivity index (χ0v) is 17.1. The van der Waals surface area contributed by atoms with Crippen LogP contribution in [0.3, 0.4) is 0 Å². The van der Waals surface area contributed by atoms with E-state index in [-0.39, 0.29) is 12.5 Å². The Balaban J connectivity index is 2.33. The van der Waals surface area contributed by atoms with Gasteiger partial charge in [-0.25, -0.2) is 0 Å². The van der Waals surface area contributed by atoms with Gasteiger partial charge in [0.15, 0.2) is 6.61 Å². The summed E-state index contributed by atoms with van der Waals surface area (Å²) in [6.45, 7) is 10.7. The molecule has 1 aromatic heterocycles. The molecule has 1 aromatic carbocycles. The summed E-state index contributed by atoms with van der Waals surface area (Å²) in [6, 6.07) is 9.36. The first-order chi connectivity index (χ1) is 13.3. The van der Waals surface area contributed by atoms with Crippen LogP contribution in [0.5, 0.6) is 0 Å². The molecule has 0 aliphatic heterocycles. The molecule has 7 nitrogen and oxygen atoms in total. The molecule has 0 radical (unpaired) electrons. The fourth-order valence-corrected chi connectivity index (χ4v) is 2.76. The summed E-state index contributed by atoms with van der Waals surface area (Å²) in [5, 5.41) is 17.4. The van der Waals surface area contributed by atoms with Crippen LogP contribution in [0.15, 0.2) is 35.6 Å². The van der Waals surface area contributed by atoms with E-state index in [0.29, 0.717) is 18.0 Å². The highest BCUT2D eigenvalue weighted by molar-refractivity contribution is 5.94. The first kappa shape index (κ1) is 21.2. The van der Waals surface area contributed by atoms with Crippen LogP contribution in [-0.2, 0) is 22.7 Å². The molecule has 28 heavy (non-hydrogen) atoms. The maximum Gasteiger partial charge on any atom is 0.268 e. The number of rotatable bonds is 8. The summed E-state index contributed by atoms with van der Waals surface area (Å²) in [6.07, 6.45) is 1.71. The molecule has 0 aliphatic carbocycles. The Morgan fingerprint density at radius 1 is 1.39 bits per heavy atom. The summed E-state index contributed by atoms with van der Waals surface area (Å²) >= 11 is 0. The molecule has 2 aromatic rings. The average molecular weight is 381 g/mol. The second-order valence-corrected chi connectivity index (χ2v) is 7.30. The zero-order valence-electron chi connectivity index (χ0n) is 17.1. The Kier molecular flexibility index (Phi) is 7.33. The molecule has 7 heteroatoms. The fourth-order valence-electron chi connectivity index (χ4n) is 2.76. The standard InChI is InChI=1S/C21H27N5O2/c1-15(2)12-26-17(5)20(11-23-26)25(21(27)14-28-24-16(3)4)13-19-8-6-7-18(9-19)10-22/h6-9,11,15H,12-14H2,1-5H3. The summed E-state index contributed by atoms with van der Waals surface area (Å²) in [7, 11) is 0. The van der Waals surface area contributed by atoms with Crippen molar-refractivity contribution < 1.29 is 9.63 Å². The third-order valence-electron chi connectivity index (χ3n) is 4.04. The largest absolute Gasteiger partial charge is 0.386 e. The summed E-state index contributed by atoms with van der Waals surface area (Å²) in [5.74, 6) is 0.215. The van der Waals surface area contributed by atoms with Gasteiger partial charge in [0.1, 0.15) is 0 Å². The number of carbonyl (C=O) groups excluding carboxylic acids is 1. The lowest BCUT2D eigenvalue weighted by Crippen LogP contribution is -2.33. The molecule has 2 rings (SSSR count). The van der Waals surface area contributed by atoms with Gasteiger partial charge in [0.2, 0.25) is 0 Å². The first-order valence-electron chi connectivity index (χ1n) is 9.26. The maximum absolute atomic E-state index is 12.9. The van der Waals surface area contributed by atoms with Crippen LogP contribution in [0.4, 0.5) is 5.69 Å². The molecule has 0 unspecified atom stereocenters. The van der Waals surface area contributed by atoms with Gasteiger partial charge in [-0.1, -0.05) is 31.1 Å². The van der Waals surface area contributed by atoms with Crippen molar-refractivity contribution >= 4 is 17.3 Å². The molecule has 1 amide bonds. The average Bonchev–Trinajstić information content (AvgIpc) is 2.99. The van der Waals surface area contributed by atoms with Crippen LogP contribution in [0.25, 0.3) is 0 Å². The van der Waals surface area contributed by atoms with Crippen LogP contribution < -0.4 is 4.90 Å². The topological polar surface area (TPSA) is 83.5 Å². The van der Waals surface area contributed by atoms with Crippen molar-refractivity contribution in [2.24, 2.45) is 11.1 Å². The number of aromatic nitrogens is 2. The summed E-state index contributed by atoms with van der Waals surface area (Å²) < 4.78 is 1.90. The van der Waals surface area contributed by atoms with Gasteiger partial charge in [0, 0.05) is 6.54 Å². The van der Waals surface area contributed by atoms with Crippen molar-refractivity contribution in [3.8, 4) is 6.07 Å². The quantitative estimate of drug-likeness (QED) is 0.516. The van der Waals surface area contributed by atoms with E-state index in [1.807, 2.05) is 23.7 Å². The van der Waals surface area contributed by atoms with Crippen molar-refractivity contribution in [3.63, 3.8) is 0 Å². The van der Waals surface area contributed by atoms with Crippen molar-refractivity contribution in [1.82, 2.24) is 9.78 Å². The second-order valence-electron chi connectivity index (χ2n) is 7.30. The number of hydrogen-bond acceptors (Lipinski definition) is 5. The predicted octanol–water partition coefficient (Wildman–Crippen LogP) is 3.66. The number of nitriles is 1. The number of oxime groups is 1. The molecule has 0 saturated heterocycles. The van der Waals surface area contributed by atoms with E-state index in [0.717, 1.165) is 29.2 Å². The molecule has 0 aliphatic rings. The minimum Gasteiger partial charge on any atom is -0.386 e. The van der Waals surface area contributed by atoms with Crippen LogP contribution in [0.2, 0.25) is 0 Å². The smallest absolute Gasteiger partial charge is 0.268 e. The molecule has 0 N–H and O–H groups in total. The Morgan fingerprint density at radius 2 is 2.14 bits per heavy atom. The Morgan fingerprint density at radius 3 is 2.79 bits per heavy atom. The molecule has 0 spiro atoms. The number of carbonyl (C=O) groups is 1. The van der Waals surface area contributed by atoms with Crippen molar-refractivity contribution in [3.05, 3.63) is 47.3 Å². The maximum atomic E-state index is 12.9. The van der Waals surface area contributed by atoms with Crippen LogP contribution in [0, 0.1) is 24.2 Å². The molecule has 0 bridgehead atoms. The second kappa shape index (κ2) is 9.70. The number of amides is 1. The van der Waals surface area contributed by atoms with E-state index in [1.54, 1.807) is 37.1 Å². The molecular formula is C21H27N5O2. The Hall–Kier alpha value is -3.14. The third-order valence-corrected chi connectivity index (χ3v) is 4.04. The molecule has 1 heterocycles. The number of anilines is 1. The van der Waals surface area contributed by atoms with Gasteiger partial charge in [-0.2, -0.15) is 10.4 Å². The van der Waals surface area contributed by atoms with E-state index in [1.165, 1.54) is 0 Å². The van der Waals surface area contributed by atoms with Crippen LogP contribution >= 0.6 is 0 Å². The lowest BCUT2D eigenvalue weighted by molar-refractivity contribution is -0.123. The van der Waals surface area contributed by atoms with E-state index in [2.05, 4.69) is 30.2 Å². The van der Waals surface area contributed by atoms with Crippen LogP contribution in [-0.4, -0.2) is 28.0 Å². The lowest BCUT2D eigenvalue weighted by atomic mass is 10.1.